The van der Waals surface area contributed by atoms with Crippen molar-refractivity contribution in [2.45, 2.75) is 44.6 Å². The summed E-state index contributed by atoms with van der Waals surface area (Å²) >= 11 is 0. The summed E-state index contributed by atoms with van der Waals surface area (Å²) in [5.41, 5.74) is 7.54. The van der Waals surface area contributed by atoms with Crippen LogP contribution in [0.3, 0.4) is 0 Å². The first-order valence-corrected chi connectivity index (χ1v) is 7.18. The zero-order valence-corrected chi connectivity index (χ0v) is 11.4. The molecule has 0 spiro atoms. The van der Waals surface area contributed by atoms with Gasteiger partial charge >= 0.3 is 0 Å². The van der Waals surface area contributed by atoms with Gasteiger partial charge in [-0.3, -0.25) is 4.79 Å². The predicted octanol–water partition coefficient (Wildman–Crippen LogP) is 2.71. The monoisotopic (exact) mass is 259 g/mol. The highest BCUT2D eigenvalue weighted by Gasteiger charge is 2.40. The lowest BCUT2D eigenvalue weighted by molar-refractivity contribution is 0.0816. The molecule has 0 aromatic heterocycles. The van der Waals surface area contributed by atoms with Crippen LogP contribution in [0.4, 0.5) is 0 Å². The summed E-state index contributed by atoms with van der Waals surface area (Å²) in [5, 5.41) is 0. The second-order valence-electron chi connectivity index (χ2n) is 6.08. The molecule has 1 aliphatic heterocycles. The van der Waals surface area contributed by atoms with Crippen molar-refractivity contribution in [3.8, 4) is 5.75 Å². The van der Waals surface area contributed by atoms with E-state index in [2.05, 4.69) is 6.92 Å². The number of hydrogen-bond acceptors (Lipinski definition) is 3. The van der Waals surface area contributed by atoms with Crippen LogP contribution in [0.25, 0.3) is 0 Å². The lowest BCUT2D eigenvalue weighted by Crippen LogP contribution is -2.51. The highest BCUT2D eigenvalue weighted by Crippen LogP contribution is 2.37. The van der Waals surface area contributed by atoms with Crippen molar-refractivity contribution in [3.05, 3.63) is 29.3 Å². The number of ketones is 1. The fourth-order valence-electron chi connectivity index (χ4n) is 3.46. The van der Waals surface area contributed by atoms with Crippen LogP contribution >= 0.6 is 0 Å². The minimum absolute atomic E-state index is 0.0674. The van der Waals surface area contributed by atoms with Gasteiger partial charge in [0.05, 0.1) is 17.7 Å². The third kappa shape index (κ3) is 2.16. The molecule has 102 valence electrons. The molecule has 1 fully saturated rings. The van der Waals surface area contributed by atoms with Crippen LogP contribution in [0, 0.1) is 5.92 Å². The van der Waals surface area contributed by atoms with E-state index in [1.54, 1.807) is 0 Å². The Kier molecular flexibility index (Phi) is 3.09. The maximum absolute atomic E-state index is 12.8. The highest BCUT2D eigenvalue weighted by molar-refractivity contribution is 6.05. The van der Waals surface area contributed by atoms with Gasteiger partial charge < -0.3 is 10.5 Å². The molecule has 2 N–H and O–H groups in total. The first-order chi connectivity index (χ1) is 9.10. The minimum Gasteiger partial charge on any atom is -0.492 e. The molecule has 2 unspecified atom stereocenters. The van der Waals surface area contributed by atoms with Gasteiger partial charge in [-0.1, -0.05) is 31.9 Å². The molecule has 19 heavy (non-hydrogen) atoms. The normalized spacial score (nSPS) is 29.7. The maximum Gasteiger partial charge on any atom is 0.186 e. The molecule has 3 rings (SSSR count). The molecule has 1 aromatic carbocycles. The quantitative estimate of drug-likeness (QED) is 0.831. The van der Waals surface area contributed by atoms with E-state index in [4.69, 9.17) is 10.5 Å². The number of Topliss-reactive ketones (excluding diaryl/α,β-unsaturated/α-hetero) is 1. The molecule has 3 nitrogen and oxygen atoms in total. The number of hydrogen-bond donors (Lipinski definition) is 1. The Balaban J connectivity index is 1.94. The highest BCUT2D eigenvalue weighted by atomic mass is 16.5. The number of fused-ring (bicyclic) bond motifs is 1. The Morgan fingerprint density at radius 1 is 1.47 bits per heavy atom. The Bertz CT molecular complexity index is 511. The van der Waals surface area contributed by atoms with Crippen LogP contribution in [0.1, 0.15) is 48.5 Å². The average molecular weight is 259 g/mol. The average Bonchev–Trinajstić information content (AvgIpc) is 2.85. The van der Waals surface area contributed by atoms with E-state index >= 15 is 0 Å². The summed E-state index contributed by atoms with van der Waals surface area (Å²) in [6, 6.07) is 5.84. The molecule has 1 saturated carbocycles. The summed E-state index contributed by atoms with van der Waals surface area (Å²) in [5.74, 6) is 1.37. The zero-order valence-electron chi connectivity index (χ0n) is 11.4. The van der Waals surface area contributed by atoms with Crippen molar-refractivity contribution in [1.29, 1.82) is 0 Å². The molecule has 0 bridgehead atoms. The lowest BCUT2D eigenvalue weighted by atomic mass is 9.73. The molecular formula is C16H21NO2. The van der Waals surface area contributed by atoms with Crippen LogP contribution in [0.2, 0.25) is 0 Å². The van der Waals surface area contributed by atoms with Gasteiger partial charge in [0.25, 0.3) is 0 Å². The first-order valence-electron chi connectivity index (χ1n) is 7.18. The number of carbonyl (C=O) groups excluding carboxylic acids is 1. The largest absolute Gasteiger partial charge is 0.492 e. The van der Waals surface area contributed by atoms with Crippen molar-refractivity contribution in [2.75, 3.05) is 6.61 Å². The van der Waals surface area contributed by atoms with Gasteiger partial charge in [0.2, 0.25) is 0 Å². The second kappa shape index (κ2) is 4.64. The molecule has 3 heteroatoms. The summed E-state index contributed by atoms with van der Waals surface area (Å²) in [4.78, 5) is 12.8. The molecule has 0 saturated heterocycles. The molecule has 0 radical (unpaired) electrons. The Hall–Kier alpha value is -1.35. The Morgan fingerprint density at radius 2 is 2.32 bits per heavy atom. The number of ether oxygens (including phenoxy) is 1. The summed E-state index contributed by atoms with van der Waals surface area (Å²) in [7, 11) is 0. The van der Waals surface area contributed by atoms with Gasteiger partial charge in [-0.2, -0.15) is 0 Å². The Morgan fingerprint density at radius 3 is 3.11 bits per heavy atom. The SMILES string of the molecule is CC1CCCC(N)(C(=O)c2cccc3c2OCC3)C1. The van der Waals surface area contributed by atoms with Crippen LogP contribution in [-0.4, -0.2) is 17.9 Å². The van der Waals surface area contributed by atoms with Crippen LogP contribution < -0.4 is 10.5 Å². The first kappa shape index (κ1) is 12.7. The van der Waals surface area contributed by atoms with Gasteiger partial charge in [-0.15, -0.1) is 0 Å². The van der Waals surface area contributed by atoms with E-state index in [0.29, 0.717) is 18.1 Å². The number of nitrogens with two attached hydrogens (primary N) is 1. The summed E-state index contributed by atoms with van der Waals surface area (Å²) in [6.45, 7) is 2.85. The third-order valence-electron chi connectivity index (χ3n) is 4.44. The van der Waals surface area contributed by atoms with Crippen molar-refractivity contribution >= 4 is 5.78 Å². The minimum atomic E-state index is -0.696. The fraction of sp³-hybridized carbons (Fsp3) is 0.562. The van der Waals surface area contributed by atoms with Crippen LogP contribution in [-0.2, 0) is 6.42 Å². The lowest BCUT2D eigenvalue weighted by Gasteiger charge is -2.35. The van der Waals surface area contributed by atoms with Crippen molar-refractivity contribution < 1.29 is 9.53 Å². The van der Waals surface area contributed by atoms with Crippen LogP contribution in [0.5, 0.6) is 5.75 Å². The number of benzene rings is 1. The van der Waals surface area contributed by atoms with E-state index in [1.807, 2.05) is 18.2 Å². The van der Waals surface area contributed by atoms with Crippen molar-refractivity contribution in [3.63, 3.8) is 0 Å². The smallest absolute Gasteiger partial charge is 0.186 e. The van der Waals surface area contributed by atoms with Crippen LogP contribution in [0.15, 0.2) is 18.2 Å². The van der Waals surface area contributed by atoms with E-state index in [1.165, 1.54) is 6.42 Å². The number of carbonyl (C=O) groups is 1. The fourth-order valence-corrected chi connectivity index (χ4v) is 3.46. The van der Waals surface area contributed by atoms with Crippen molar-refractivity contribution in [2.24, 2.45) is 11.7 Å². The maximum atomic E-state index is 12.8. The second-order valence-corrected chi connectivity index (χ2v) is 6.08. The number of rotatable bonds is 2. The third-order valence-corrected chi connectivity index (χ3v) is 4.44. The molecule has 0 amide bonds. The van der Waals surface area contributed by atoms with Gasteiger partial charge in [0.15, 0.2) is 5.78 Å². The summed E-state index contributed by atoms with van der Waals surface area (Å²) < 4.78 is 5.64. The van der Waals surface area contributed by atoms with Crippen molar-refractivity contribution in [1.82, 2.24) is 0 Å². The summed E-state index contributed by atoms with van der Waals surface area (Å²) in [6.07, 6.45) is 4.69. The Labute approximate surface area is 114 Å². The molecule has 1 aliphatic carbocycles. The zero-order chi connectivity index (χ0) is 13.5. The van der Waals surface area contributed by atoms with E-state index in [9.17, 15) is 4.79 Å². The van der Waals surface area contributed by atoms with Gasteiger partial charge in [-0.05, 0) is 30.4 Å². The molecule has 1 aromatic rings. The molecule has 2 aliphatic rings. The van der Waals surface area contributed by atoms with E-state index < -0.39 is 5.54 Å². The van der Waals surface area contributed by atoms with Gasteiger partial charge in [0.1, 0.15) is 5.75 Å². The molecule has 1 heterocycles. The molecule has 2 atom stereocenters. The standard InChI is InChI=1S/C16H21NO2/c1-11-4-3-8-16(17,10-11)15(18)13-6-2-5-12-7-9-19-14(12)13/h2,5-6,11H,3-4,7-10,17H2,1H3. The van der Waals surface area contributed by atoms with Gasteiger partial charge in [-0.25, -0.2) is 0 Å². The number of para-hydroxylation sites is 1. The predicted molar refractivity (Wildman–Crippen MR) is 74.5 cm³/mol. The van der Waals surface area contributed by atoms with E-state index in [0.717, 1.165) is 37.0 Å². The van der Waals surface area contributed by atoms with E-state index in [-0.39, 0.29) is 5.78 Å². The van der Waals surface area contributed by atoms with Gasteiger partial charge in [0, 0.05) is 6.42 Å². The topological polar surface area (TPSA) is 52.3 Å². The molecular weight excluding hydrogens is 238 g/mol.